The number of terminal acetylenes is 1. The van der Waals surface area contributed by atoms with E-state index in [0.717, 1.165) is 12.3 Å². The van der Waals surface area contributed by atoms with Crippen molar-refractivity contribution in [2.75, 3.05) is 6.61 Å². The van der Waals surface area contributed by atoms with E-state index in [0.29, 0.717) is 4.57 Å². The third-order valence-corrected chi connectivity index (χ3v) is 8.31. The maximum Gasteiger partial charge on any atom is 0.488 e. The minimum absolute atomic E-state index is 0.534. The van der Waals surface area contributed by atoms with Crippen LogP contribution in [0.2, 0.25) is 0 Å². The van der Waals surface area contributed by atoms with Crippen molar-refractivity contribution in [3.8, 4) is 12.3 Å². The van der Waals surface area contributed by atoms with E-state index in [-0.39, 0.29) is 0 Å². The van der Waals surface area contributed by atoms with Crippen LogP contribution in [0.4, 0.5) is 4.39 Å². The van der Waals surface area contributed by atoms with Gasteiger partial charge in [0.1, 0.15) is 12.2 Å². The van der Waals surface area contributed by atoms with Crippen LogP contribution in [-0.4, -0.2) is 58.7 Å². The monoisotopic (exact) mass is 526 g/mol. The quantitative estimate of drug-likeness (QED) is 0.169. The maximum absolute atomic E-state index is 15.2. The molecule has 2 rings (SSSR count). The van der Waals surface area contributed by atoms with Gasteiger partial charge in [0.05, 0.1) is 6.61 Å². The Morgan fingerprint density at radius 3 is 2.45 bits per heavy atom. The highest BCUT2D eigenvalue weighted by Gasteiger charge is 2.58. The largest absolute Gasteiger partial charge is 0.488 e. The first-order valence-corrected chi connectivity index (χ1v) is 13.2. The van der Waals surface area contributed by atoms with Gasteiger partial charge in [-0.15, -0.1) is 6.42 Å². The van der Waals surface area contributed by atoms with Crippen LogP contribution >= 0.6 is 22.4 Å². The fourth-order valence-corrected chi connectivity index (χ4v) is 6.36. The number of nitrogens with one attached hydrogen (secondary N) is 1. The summed E-state index contributed by atoms with van der Waals surface area (Å²) >= 11 is 4.39. The number of aliphatic hydroxyl groups is 1. The maximum atomic E-state index is 15.2. The molecule has 0 spiro atoms. The normalized spacial score (nSPS) is 30.3. The molecule has 0 radical (unpaired) electrons. The molecule has 0 aromatic carbocycles. The highest BCUT2D eigenvalue weighted by molar-refractivity contribution is 8.08. The molecule has 2 heterocycles. The van der Waals surface area contributed by atoms with Crippen molar-refractivity contribution in [3.63, 3.8) is 0 Å². The average Bonchev–Trinajstić information content (AvgIpc) is 2.82. The lowest BCUT2D eigenvalue weighted by molar-refractivity contribution is -0.0518. The van der Waals surface area contributed by atoms with Crippen LogP contribution in [0.25, 0.3) is 0 Å². The van der Waals surface area contributed by atoms with E-state index in [1.165, 1.54) is 0 Å². The van der Waals surface area contributed by atoms with E-state index in [9.17, 15) is 33.6 Å². The molecule has 31 heavy (non-hydrogen) atoms. The third-order valence-electron chi connectivity index (χ3n) is 3.59. The lowest BCUT2D eigenvalue weighted by Gasteiger charge is -2.23. The molecule has 174 valence electrons. The Balaban J connectivity index is 2.19. The number of aliphatic hydroxyl groups excluding tert-OH is 1. The van der Waals surface area contributed by atoms with Crippen molar-refractivity contribution in [3.05, 3.63) is 33.1 Å². The van der Waals surface area contributed by atoms with Crippen molar-refractivity contribution in [1.29, 1.82) is 0 Å². The molecular formula is C11H14FN2O13P3S. The molecule has 1 aliphatic heterocycles. The number of ether oxygens (including phenoxy) is 1. The SMILES string of the molecule is C#C[C@@]1(F)[C@H](O)[C@@H](COP(O)(=S)OP(=O)(O)OP(=O)(O)O)O[C@H]1n1ccc(=O)[nH]c1=O. The molecule has 0 saturated carbocycles. The van der Waals surface area contributed by atoms with Crippen LogP contribution in [0.1, 0.15) is 6.23 Å². The van der Waals surface area contributed by atoms with Crippen LogP contribution < -0.4 is 11.2 Å². The second-order valence-corrected chi connectivity index (χ2v) is 11.6. The number of aromatic nitrogens is 2. The lowest BCUT2D eigenvalue weighted by atomic mass is 9.97. The number of phosphoric acid groups is 2. The summed E-state index contributed by atoms with van der Waals surface area (Å²) in [6.07, 6.45) is 0.0614. The summed E-state index contributed by atoms with van der Waals surface area (Å²) in [7, 11) is -11.1. The van der Waals surface area contributed by atoms with Gasteiger partial charge in [-0.25, -0.2) is 22.6 Å². The Bertz CT molecular complexity index is 1140. The summed E-state index contributed by atoms with van der Waals surface area (Å²) in [5, 5.41) is 10.2. The molecule has 1 aromatic rings. The van der Waals surface area contributed by atoms with E-state index in [2.05, 4.69) is 25.0 Å². The van der Waals surface area contributed by atoms with Gasteiger partial charge in [-0.1, -0.05) is 5.92 Å². The van der Waals surface area contributed by atoms with Crippen molar-refractivity contribution in [1.82, 2.24) is 9.55 Å². The number of hydrogen-bond acceptors (Lipinski definition) is 10. The van der Waals surface area contributed by atoms with Crippen molar-refractivity contribution < 1.29 is 56.1 Å². The summed E-state index contributed by atoms with van der Waals surface area (Å²) < 4.78 is 55.0. The third kappa shape index (κ3) is 6.47. The Hall–Kier alpha value is -1.08. The first-order chi connectivity index (χ1) is 14.0. The predicted molar refractivity (Wildman–Crippen MR) is 100 cm³/mol. The van der Waals surface area contributed by atoms with Gasteiger partial charge in [0.15, 0.2) is 6.23 Å². The minimum Gasteiger partial charge on any atom is -0.386 e. The van der Waals surface area contributed by atoms with Crippen LogP contribution in [-0.2, 0) is 38.8 Å². The fraction of sp³-hybridized carbons (Fsp3) is 0.455. The fourth-order valence-electron chi connectivity index (χ4n) is 2.39. The van der Waals surface area contributed by atoms with Gasteiger partial charge >= 0.3 is 28.1 Å². The molecule has 20 heteroatoms. The van der Waals surface area contributed by atoms with Crippen molar-refractivity contribution in [2.45, 2.75) is 24.1 Å². The number of aromatic amines is 1. The van der Waals surface area contributed by atoms with E-state index < -0.39 is 64.3 Å². The molecule has 1 aromatic heterocycles. The average molecular weight is 526 g/mol. The standard InChI is InChI=1S/C11H14FN2O13P3S/c1-2-11(12)8(16)6(25-9(11)14-4-3-7(15)13-10(14)17)5-24-30(23,31)27-29(21,22)26-28(18,19)20/h1,3-4,6,8-9,16H,5H2,(H,21,22)(H,23,31)(H,13,15,17)(H2,18,19,20)/t6-,8-,9-,11-,30?/m1/s1. The molecule has 6 N–H and O–H groups in total. The smallest absolute Gasteiger partial charge is 0.386 e. The minimum atomic E-state index is -5.60. The van der Waals surface area contributed by atoms with Crippen LogP contribution in [0.3, 0.4) is 0 Å². The van der Waals surface area contributed by atoms with Crippen LogP contribution in [0.5, 0.6) is 0 Å². The molecule has 1 saturated heterocycles. The summed E-state index contributed by atoms with van der Waals surface area (Å²) in [6, 6.07) is 0.846. The number of nitrogens with zero attached hydrogens (tertiary/aromatic N) is 1. The highest BCUT2D eigenvalue weighted by Crippen LogP contribution is 2.66. The zero-order valence-corrected chi connectivity index (χ0v) is 18.2. The van der Waals surface area contributed by atoms with Crippen LogP contribution in [0, 0.1) is 12.3 Å². The van der Waals surface area contributed by atoms with Gasteiger partial charge in [0.2, 0.25) is 5.67 Å². The van der Waals surface area contributed by atoms with Gasteiger partial charge in [0, 0.05) is 12.3 Å². The van der Waals surface area contributed by atoms with Crippen molar-refractivity contribution in [2.24, 2.45) is 0 Å². The molecule has 0 aliphatic carbocycles. The summed E-state index contributed by atoms with van der Waals surface area (Å²) in [5.74, 6) is 1.62. The number of hydrogen-bond donors (Lipinski definition) is 6. The van der Waals surface area contributed by atoms with Gasteiger partial charge in [-0.05, 0) is 11.8 Å². The van der Waals surface area contributed by atoms with E-state index in [4.69, 9.17) is 20.9 Å². The Labute approximate surface area is 176 Å². The lowest BCUT2D eigenvalue weighted by Crippen LogP contribution is -2.45. The van der Waals surface area contributed by atoms with E-state index in [1.807, 2.05) is 4.98 Å². The second-order valence-electron chi connectivity index (χ2n) is 5.79. The van der Waals surface area contributed by atoms with Gasteiger partial charge < -0.3 is 33.9 Å². The van der Waals surface area contributed by atoms with Gasteiger partial charge in [-0.3, -0.25) is 14.3 Å². The molecule has 1 aliphatic rings. The zero-order valence-electron chi connectivity index (χ0n) is 14.7. The van der Waals surface area contributed by atoms with E-state index in [1.54, 1.807) is 5.92 Å². The molecular weight excluding hydrogens is 512 g/mol. The Kier molecular flexibility index (Phi) is 7.64. The number of alkyl halides is 1. The Morgan fingerprint density at radius 2 is 1.94 bits per heavy atom. The molecule has 2 unspecified atom stereocenters. The first kappa shape index (κ1) is 26.2. The summed E-state index contributed by atoms with van der Waals surface area (Å²) in [4.78, 5) is 60.9. The highest BCUT2D eigenvalue weighted by atomic mass is 32.5. The topological polar surface area (TPSA) is 227 Å². The van der Waals surface area contributed by atoms with Crippen molar-refractivity contribution >= 4 is 34.2 Å². The second kappa shape index (κ2) is 9.05. The van der Waals surface area contributed by atoms with E-state index >= 15 is 4.39 Å². The van der Waals surface area contributed by atoms with Gasteiger partial charge in [-0.2, -0.15) is 4.31 Å². The number of rotatable bonds is 8. The number of H-pyrrole nitrogens is 1. The number of halogens is 1. The van der Waals surface area contributed by atoms with Gasteiger partial charge in [0.25, 0.3) is 5.56 Å². The Morgan fingerprint density at radius 1 is 1.32 bits per heavy atom. The summed E-state index contributed by atoms with van der Waals surface area (Å²) in [5.41, 5.74) is -4.98. The molecule has 0 bridgehead atoms. The summed E-state index contributed by atoms with van der Waals surface area (Å²) in [6.45, 7) is -5.79. The molecule has 0 amide bonds. The van der Waals surface area contributed by atoms with Crippen LogP contribution in [0.15, 0.2) is 21.9 Å². The predicted octanol–water partition coefficient (Wildman–Crippen LogP) is -1.40. The zero-order chi connectivity index (χ0) is 23.8. The first-order valence-electron chi connectivity index (χ1n) is 7.60. The molecule has 6 atom stereocenters. The molecule has 1 fully saturated rings. The molecule has 15 nitrogen and oxygen atoms in total.